The molecule has 0 spiro atoms. The number of nitrogens with zero attached hydrogens (tertiary/aromatic N) is 3. The minimum Gasteiger partial charge on any atom is -0.302 e. The Bertz CT molecular complexity index is 537. The summed E-state index contributed by atoms with van der Waals surface area (Å²) in [7, 11) is 0. The van der Waals surface area contributed by atoms with Crippen molar-refractivity contribution in [1.29, 1.82) is 0 Å². The van der Waals surface area contributed by atoms with Crippen LogP contribution in [-0.2, 0) is 6.54 Å². The predicted octanol–water partition coefficient (Wildman–Crippen LogP) is 3.46. The first-order valence-electron chi connectivity index (χ1n) is 5.85. The Balaban J connectivity index is 2.51. The molecule has 18 heavy (non-hydrogen) atoms. The Kier molecular flexibility index (Phi) is 4.01. The topological polar surface area (TPSA) is 30.7 Å². The lowest BCUT2D eigenvalue weighted by Crippen LogP contribution is -2.08. The van der Waals surface area contributed by atoms with Crippen molar-refractivity contribution in [3.05, 3.63) is 30.1 Å². The summed E-state index contributed by atoms with van der Waals surface area (Å²) < 4.78 is 15.8. The van der Waals surface area contributed by atoms with Gasteiger partial charge in [0.1, 0.15) is 5.82 Å². The molecular weight excluding hydrogens is 249 g/mol. The molecule has 5 heteroatoms. The van der Waals surface area contributed by atoms with Gasteiger partial charge in [-0.3, -0.25) is 0 Å². The molecule has 3 nitrogen and oxygen atoms in total. The standard InChI is InChI=1S/C13H16FN3S/c1-9(2)8-17-12(15-16-13(17)18-3)10-6-4-5-7-11(10)14/h4-7,9H,8H2,1-3H3. The van der Waals surface area contributed by atoms with E-state index in [-0.39, 0.29) is 5.82 Å². The van der Waals surface area contributed by atoms with Crippen LogP contribution in [0.15, 0.2) is 29.4 Å². The zero-order valence-electron chi connectivity index (χ0n) is 10.7. The molecule has 0 unspecified atom stereocenters. The largest absolute Gasteiger partial charge is 0.302 e. The molecule has 0 aliphatic rings. The van der Waals surface area contributed by atoms with Gasteiger partial charge in [-0.2, -0.15) is 0 Å². The van der Waals surface area contributed by atoms with E-state index >= 15 is 0 Å². The van der Waals surface area contributed by atoms with Gasteiger partial charge in [0.2, 0.25) is 0 Å². The highest BCUT2D eigenvalue weighted by Gasteiger charge is 2.16. The minimum absolute atomic E-state index is 0.262. The van der Waals surface area contributed by atoms with Crippen molar-refractivity contribution in [1.82, 2.24) is 14.8 Å². The van der Waals surface area contributed by atoms with E-state index in [1.807, 2.05) is 16.9 Å². The molecule has 96 valence electrons. The SMILES string of the molecule is CSc1nnc(-c2ccccc2F)n1CC(C)C. The Morgan fingerprint density at radius 1 is 1.28 bits per heavy atom. The second-order valence-electron chi connectivity index (χ2n) is 4.49. The van der Waals surface area contributed by atoms with Gasteiger partial charge in [0.25, 0.3) is 0 Å². The molecule has 0 N–H and O–H groups in total. The maximum absolute atomic E-state index is 13.8. The highest BCUT2D eigenvalue weighted by molar-refractivity contribution is 7.98. The smallest absolute Gasteiger partial charge is 0.191 e. The van der Waals surface area contributed by atoms with Gasteiger partial charge < -0.3 is 4.57 Å². The molecule has 2 rings (SSSR count). The molecule has 1 aromatic carbocycles. The molecule has 0 aliphatic carbocycles. The maximum atomic E-state index is 13.8. The fourth-order valence-electron chi connectivity index (χ4n) is 1.81. The lowest BCUT2D eigenvalue weighted by molar-refractivity contribution is 0.497. The van der Waals surface area contributed by atoms with E-state index < -0.39 is 0 Å². The van der Waals surface area contributed by atoms with Gasteiger partial charge in [0.15, 0.2) is 11.0 Å². The minimum atomic E-state index is -0.262. The lowest BCUT2D eigenvalue weighted by atomic mass is 10.2. The zero-order chi connectivity index (χ0) is 13.1. The Labute approximate surface area is 110 Å². The first-order valence-corrected chi connectivity index (χ1v) is 7.08. The van der Waals surface area contributed by atoms with E-state index in [9.17, 15) is 4.39 Å². The van der Waals surface area contributed by atoms with Gasteiger partial charge in [-0.15, -0.1) is 10.2 Å². The highest BCUT2D eigenvalue weighted by Crippen LogP contribution is 2.25. The van der Waals surface area contributed by atoms with Crippen molar-refractivity contribution >= 4 is 11.8 Å². The average molecular weight is 265 g/mol. The Morgan fingerprint density at radius 3 is 2.61 bits per heavy atom. The lowest BCUT2D eigenvalue weighted by Gasteiger charge is -2.11. The quantitative estimate of drug-likeness (QED) is 0.793. The van der Waals surface area contributed by atoms with Crippen LogP contribution in [0, 0.1) is 11.7 Å². The van der Waals surface area contributed by atoms with E-state index in [2.05, 4.69) is 24.0 Å². The molecule has 0 fully saturated rings. The Hall–Kier alpha value is -1.36. The van der Waals surface area contributed by atoms with E-state index in [0.717, 1.165) is 11.7 Å². The van der Waals surface area contributed by atoms with Crippen molar-refractivity contribution in [3.8, 4) is 11.4 Å². The second kappa shape index (κ2) is 5.52. The highest BCUT2D eigenvalue weighted by atomic mass is 32.2. The fraction of sp³-hybridized carbons (Fsp3) is 0.385. The summed E-state index contributed by atoms with van der Waals surface area (Å²) in [6.07, 6.45) is 1.95. The van der Waals surface area contributed by atoms with Crippen LogP contribution >= 0.6 is 11.8 Å². The second-order valence-corrected chi connectivity index (χ2v) is 5.27. The van der Waals surface area contributed by atoms with Crippen molar-refractivity contribution in [2.24, 2.45) is 5.92 Å². The van der Waals surface area contributed by atoms with E-state index in [1.54, 1.807) is 12.1 Å². The molecule has 1 heterocycles. The van der Waals surface area contributed by atoms with Crippen LogP contribution in [0.25, 0.3) is 11.4 Å². The number of halogens is 1. The third kappa shape index (κ3) is 2.56. The molecule has 0 aliphatic heterocycles. The number of hydrogen-bond acceptors (Lipinski definition) is 3. The summed E-state index contributed by atoms with van der Waals surface area (Å²) in [5.74, 6) is 0.797. The Morgan fingerprint density at radius 2 is 2.00 bits per heavy atom. The average Bonchev–Trinajstić information content (AvgIpc) is 2.72. The van der Waals surface area contributed by atoms with Crippen molar-refractivity contribution in [2.45, 2.75) is 25.5 Å². The normalized spacial score (nSPS) is 11.2. The summed E-state index contributed by atoms with van der Waals surface area (Å²) in [6, 6.07) is 6.67. The number of hydrogen-bond donors (Lipinski definition) is 0. The van der Waals surface area contributed by atoms with Gasteiger partial charge >= 0.3 is 0 Å². The van der Waals surface area contributed by atoms with E-state index in [4.69, 9.17) is 0 Å². The van der Waals surface area contributed by atoms with E-state index in [1.165, 1.54) is 17.8 Å². The molecule has 0 bridgehead atoms. The van der Waals surface area contributed by atoms with Crippen LogP contribution in [0.3, 0.4) is 0 Å². The van der Waals surface area contributed by atoms with E-state index in [0.29, 0.717) is 17.3 Å². The molecule has 0 radical (unpaired) electrons. The first kappa shape index (κ1) is 13.1. The number of rotatable bonds is 4. The predicted molar refractivity (Wildman–Crippen MR) is 72.0 cm³/mol. The fourth-order valence-corrected chi connectivity index (χ4v) is 2.32. The molecule has 0 saturated heterocycles. The third-order valence-corrected chi connectivity index (χ3v) is 3.23. The van der Waals surface area contributed by atoms with Crippen molar-refractivity contribution in [3.63, 3.8) is 0 Å². The summed E-state index contributed by atoms with van der Waals surface area (Å²) in [6.45, 7) is 5.03. The first-order chi connectivity index (χ1) is 8.63. The molecule has 0 amide bonds. The molecular formula is C13H16FN3S. The molecule has 0 atom stereocenters. The number of thioether (sulfide) groups is 1. The number of benzene rings is 1. The maximum Gasteiger partial charge on any atom is 0.191 e. The molecule has 2 aromatic rings. The van der Waals surface area contributed by atoms with Crippen LogP contribution in [-0.4, -0.2) is 21.0 Å². The summed E-state index contributed by atoms with van der Waals surface area (Å²) in [4.78, 5) is 0. The van der Waals surface area contributed by atoms with Gasteiger partial charge in [-0.1, -0.05) is 37.7 Å². The van der Waals surface area contributed by atoms with Gasteiger partial charge in [-0.05, 0) is 24.3 Å². The van der Waals surface area contributed by atoms with Crippen LogP contribution in [0.2, 0.25) is 0 Å². The summed E-state index contributed by atoms with van der Waals surface area (Å²) in [5, 5.41) is 9.06. The summed E-state index contributed by atoms with van der Waals surface area (Å²) in [5.41, 5.74) is 0.506. The van der Waals surface area contributed by atoms with Crippen molar-refractivity contribution < 1.29 is 4.39 Å². The molecule has 0 saturated carbocycles. The van der Waals surface area contributed by atoms with Crippen LogP contribution in [0.4, 0.5) is 4.39 Å². The summed E-state index contributed by atoms with van der Waals surface area (Å²) >= 11 is 1.53. The molecule has 1 aromatic heterocycles. The third-order valence-electron chi connectivity index (χ3n) is 2.56. The van der Waals surface area contributed by atoms with Crippen LogP contribution in [0.5, 0.6) is 0 Å². The van der Waals surface area contributed by atoms with Gasteiger partial charge in [0.05, 0.1) is 5.56 Å². The van der Waals surface area contributed by atoms with Gasteiger partial charge in [-0.25, -0.2) is 4.39 Å². The van der Waals surface area contributed by atoms with Crippen LogP contribution < -0.4 is 0 Å². The van der Waals surface area contributed by atoms with Crippen LogP contribution in [0.1, 0.15) is 13.8 Å². The number of aromatic nitrogens is 3. The zero-order valence-corrected chi connectivity index (χ0v) is 11.5. The van der Waals surface area contributed by atoms with Gasteiger partial charge in [0, 0.05) is 6.54 Å². The monoisotopic (exact) mass is 265 g/mol. The van der Waals surface area contributed by atoms with Crippen molar-refractivity contribution in [2.75, 3.05) is 6.26 Å².